The largest absolute Gasteiger partial charge is 0.480 e. The number of carboxylic acid groups (broad SMARTS) is 1. The molecule has 0 aromatic carbocycles. The van der Waals surface area contributed by atoms with E-state index in [-0.39, 0.29) is 12.8 Å². The van der Waals surface area contributed by atoms with E-state index in [0.717, 1.165) is 6.42 Å². The first kappa shape index (κ1) is 16.3. The topological polar surface area (TPSA) is 95.9 Å². The summed E-state index contributed by atoms with van der Waals surface area (Å²) in [5.74, 6) is -0.523. The number of carbonyl (C=O) groups excluding carboxylic acids is 2. The summed E-state index contributed by atoms with van der Waals surface area (Å²) in [5, 5.41) is 11.5. The highest BCUT2D eigenvalue weighted by molar-refractivity contribution is 5.83. The molecule has 114 valence electrons. The van der Waals surface area contributed by atoms with Crippen LogP contribution in [0.25, 0.3) is 0 Å². The third-order valence-corrected chi connectivity index (χ3v) is 3.59. The third-order valence-electron chi connectivity index (χ3n) is 3.59. The van der Waals surface area contributed by atoms with Crippen molar-refractivity contribution in [3.05, 3.63) is 0 Å². The average Bonchev–Trinajstić information content (AvgIpc) is 3.08. The van der Waals surface area contributed by atoms with Gasteiger partial charge in [0.15, 0.2) is 0 Å². The molecule has 2 N–H and O–H groups in total. The maximum absolute atomic E-state index is 11.9. The van der Waals surface area contributed by atoms with E-state index in [4.69, 9.17) is 5.11 Å². The van der Waals surface area contributed by atoms with E-state index in [1.807, 2.05) is 0 Å². The summed E-state index contributed by atoms with van der Waals surface area (Å²) < 4.78 is 4.45. The Balaban J connectivity index is 2.41. The zero-order valence-corrected chi connectivity index (χ0v) is 12.1. The summed E-state index contributed by atoms with van der Waals surface area (Å²) >= 11 is 0. The molecule has 0 heterocycles. The van der Waals surface area contributed by atoms with Crippen molar-refractivity contribution < 1.29 is 24.2 Å². The molecule has 1 fully saturated rings. The van der Waals surface area contributed by atoms with Crippen molar-refractivity contribution in [1.29, 1.82) is 0 Å². The lowest BCUT2D eigenvalue weighted by molar-refractivity contribution is -0.142. The molecular formula is C13H22N2O5. The minimum absolute atomic E-state index is 0.0153. The Morgan fingerprint density at radius 3 is 2.50 bits per heavy atom. The molecule has 0 aromatic rings. The molecule has 20 heavy (non-hydrogen) atoms. The number of nitrogens with zero attached hydrogens (tertiary/aromatic N) is 1. The van der Waals surface area contributed by atoms with Crippen LogP contribution < -0.4 is 5.32 Å². The van der Waals surface area contributed by atoms with Gasteiger partial charge in [0.1, 0.15) is 6.04 Å². The van der Waals surface area contributed by atoms with E-state index >= 15 is 0 Å². The van der Waals surface area contributed by atoms with Crippen LogP contribution in [-0.2, 0) is 14.3 Å². The fourth-order valence-corrected chi connectivity index (χ4v) is 1.97. The van der Waals surface area contributed by atoms with Crippen molar-refractivity contribution >= 4 is 18.0 Å². The highest BCUT2D eigenvalue weighted by atomic mass is 16.5. The Labute approximate surface area is 118 Å². The van der Waals surface area contributed by atoms with Gasteiger partial charge in [-0.1, -0.05) is 6.92 Å². The number of methoxy groups -OCH3 is 1. The van der Waals surface area contributed by atoms with Crippen LogP contribution >= 0.6 is 0 Å². The lowest BCUT2D eigenvalue weighted by Gasteiger charge is -2.21. The molecule has 7 nitrogen and oxygen atoms in total. The Morgan fingerprint density at radius 2 is 2.05 bits per heavy atom. The fraction of sp³-hybridized carbons (Fsp3) is 0.769. The number of esters is 1. The van der Waals surface area contributed by atoms with E-state index in [1.54, 1.807) is 7.05 Å². The van der Waals surface area contributed by atoms with Crippen LogP contribution in [0.4, 0.5) is 4.79 Å². The fourth-order valence-electron chi connectivity index (χ4n) is 1.97. The normalized spacial score (nSPS) is 21.8. The van der Waals surface area contributed by atoms with Crippen molar-refractivity contribution in [2.24, 2.45) is 11.8 Å². The summed E-state index contributed by atoms with van der Waals surface area (Å²) in [6.07, 6.45) is 1.07. The molecule has 1 aliphatic carbocycles. The summed E-state index contributed by atoms with van der Waals surface area (Å²) in [6.45, 7) is 2.74. The Bertz CT molecular complexity index is 385. The maximum Gasteiger partial charge on any atom is 0.326 e. The van der Waals surface area contributed by atoms with Gasteiger partial charge in [-0.3, -0.25) is 4.79 Å². The van der Waals surface area contributed by atoms with E-state index in [2.05, 4.69) is 17.0 Å². The molecule has 0 saturated heterocycles. The number of nitrogens with one attached hydrogen (secondary N) is 1. The molecule has 0 aliphatic heterocycles. The monoisotopic (exact) mass is 286 g/mol. The Morgan fingerprint density at radius 1 is 1.45 bits per heavy atom. The number of carbonyl (C=O) groups is 3. The van der Waals surface area contributed by atoms with Gasteiger partial charge in [0, 0.05) is 20.0 Å². The highest BCUT2D eigenvalue weighted by Gasteiger charge is 2.34. The van der Waals surface area contributed by atoms with Crippen LogP contribution in [0.1, 0.15) is 26.2 Å². The highest BCUT2D eigenvalue weighted by Crippen LogP contribution is 2.37. The summed E-state index contributed by atoms with van der Waals surface area (Å²) in [5.41, 5.74) is 0. The molecule has 1 aliphatic rings. The van der Waals surface area contributed by atoms with Crippen molar-refractivity contribution in [3.8, 4) is 0 Å². The van der Waals surface area contributed by atoms with Crippen LogP contribution in [-0.4, -0.2) is 54.7 Å². The second kappa shape index (κ2) is 7.12. The third kappa shape index (κ3) is 5.07. The van der Waals surface area contributed by atoms with Gasteiger partial charge < -0.3 is 20.1 Å². The number of hydrogen-bond acceptors (Lipinski definition) is 4. The molecule has 0 radical (unpaired) electrons. The van der Waals surface area contributed by atoms with Gasteiger partial charge >= 0.3 is 18.0 Å². The van der Waals surface area contributed by atoms with Gasteiger partial charge in [-0.15, -0.1) is 0 Å². The maximum atomic E-state index is 11.9. The van der Waals surface area contributed by atoms with Crippen LogP contribution in [0.5, 0.6) is 0 Å². The van der Waals surface area contributed by atoms with Gasteiger partial charge in [0.05, 0.1) is 7.11 Å². The van der Waals surface area contributed by atoms with Crippen LogP contribution in [0, 0.1) is 11.8 Å². The molecule has 2 unspecified atom stereocenters. The second-order valence-corrected chi connectivity index (χ2v) is 5.31. The zero-order chi connectivity index (χ0) is 15.3. The lowest BCUT2D eigenvalue weighted by Crippen LogP contribution is -2.47. The Hall–Kier alpha value is -1.79. The minimum atomic E-state index is -1.16. The van der Waals surface area contributed by atoms with Gasteiger partial charge in [-0.05, 0) is 24.7 Å². The zero-order valence-electron chi connectivity index (χ0n) is 12.1. The van der Waals surface area contributed by atoms with Crippen molar-refractivity contribution in [1.82, 2.24) is 10.2 Å². The first-order valence-corrected chi connectivity index (χ1v) is 6.66. The molecule has 1 saturated carbocycles. The SMILES string of the molecule is COC(=O)CC[C@H](NC(=O)N(C)CC1CC1C)C(=O)O. The average molecular weight is 286 g/mol. The van der Waals surface area contributed by atoms with Gasteiger partial charge in [0.2, 0.25) is 0 Å². The number of carboxylic acids is 1. The number of hydrogen-bond donors (Lipinski definition) is 2. The van der Waals surface area contributed by atoms with Crippen molar-refractivity contribution in [2.45, 2.75) is 32.2 Å². The van der Waals surface area contributed by atoms with Crippen molar-refractivity contribution in [3.63, 3.8) is 0 Å². The predicted molar refractivity (Wildman–Crippen MR) is 71.1 cm³/mol. The number of urea groups is 1. The number of ether oxygens (including phenoxy) is 1. The molecule has 3 atom stereocenters. The van der Waals surface area contributed by atoms with E-state index < -0.39 is 24.0 Å². The molecule has 0 aromatic heterocycles. The first-order chi connectivity index (χ1) is 9.35. The van der Waals surface area contributed by atoms with E-state index in [1.165, 1.54) is 12.0 Å². The van der Waals surface area contributed by atoms with Crippen molar-refractivity contribution in [2.75, 3.05) is 20.7 Å². The summed E-state index contributed by atoms with van der Waals surface area (Å²) in [7, 11) is 2.88. The van der Waals surface area contributed by atoms with Gasteiger partial charge in [-0.25, -0.2) is 9.59 Å². The van der Waals surface area contributed by atoms with Gasteiger partial charge in [0.25, 0.3) is 0 Å². The Kier molecular flexibility index (Phi) is 5.79. The van der Waals surface area contributed by atoms with Crippen LogP contribution in [0.3, 0.4) is 0 Å². The first-order valence-electron chi connectivity index (χ1n) is 6.66. The van der Waals surface area contributed by atoms with E-state index in [0.29, 0.717) is 18.4 Å². The smallest absolute Gasteiger partial charge is 0.326 e. The standard InChI is InChI=1S/C13H22N2O5/c1-8-6-9(8)7-15(2)13(19)14-10(12(17)18)4-5-11(16)20-3/h8-10H,4-7H2,1-3H3,(H,14,19)(H,17,18)/t8?,9?,10-/m0/s1. The summed E-state index contributed by atoms with van der Waals surface area (Å²) in [6, 6.07) is -1.51. The quantitative estimate of drug-likeness (QED) is 0.671. The second-order valence-electron chi connectivity index (χ2n) is 5.31. The molecular weight excluding hydrogens is 264 g/mol. The van der Waals surface area contributed by atoms with Gasteiger partial charge in [-0.2, -0.15) is 0 Å². The molecule has 2 amide bonds. The number of amides is 2. The molecule has 0 spiro atoms. The van der Waals surface area contributed by atoms with Crippen LogP contribution in [0.15, 0.2) is 0 Å². The predicted octanol–water partition coefficient (Wildman–Crippen LogP) is 0.690. The molecule has 1 rings (SSSR count). The molecule has 0 bridgehead atoms. The number of aliphatic carboxylic acids is 1. The van der Waals surface area contributed by atoms with Crippen LogP contribution in [0.2, 0.25) is 0 Å². The minimum Gasteiger partial charge on any atom is -0.480 e. The summed E-state index contributed by atoms with van der Waals surface area (Å²) in [4.78, 5) is 35.4. The number of rotatable bonds is 7. The molecule has 7 heteroatoms. The van der Waals surface area contributed by atoms with E-state index in [9.17, 15) is 14.4 Å². The lowest BCUT2D eigenvalue weighted by atomic mass is 10.1.